The van der Waals surface area contributed by atoms with Gasteiger partial charge in [-0.2, -0.15) is 0 Å². The van der Waals surface area contributed by atoms with E-state index in [2.05, 4.69) is 4.98 Å². The van der Waals surface area contributed by atoms with Gasteiger partial charge in [-0.3, -0.25) is 14.3 Å². The second-order valence-electron chi connectivity index (χ2n) is 4.35. The molecule has 0 amide bonds. The van der Waals surface area contributed by atoms with Gasteiger partial charge < -0.3 is 15.3 Å². The molecule has 0 radical (unpaired) electrons. The van der Waals surface area contributed by atoms with Gasteiger partial charge in [0, 0.05) is 12.1 Å². The van der Waals surface area contributed by atoms with E-state index in [1.165, 1.54) is 10.8 Å². The lowest BCUT2D eigenvalue weighted by molar-refractivity contribution is 0.0206. The molecule has 1 aliphatic rings. The highest BCUT2D eigenvalue weighted by Crippen LogP contribution is 2.34. The van der Waals surface area contributed by atoms with Crippen molar-refractivity contribution in [1.29, 1.82) is 0 Å². The Morgan fingerprint density at radius 1 is 1.44 bits per heavy atom. The van der Waals surface area contributed by atoms with Gasteiger partial charge >= 0.3 is 5.69 Å². The third-order valence-electron chi connectivity index (χ3n) is 3.30. The summed E-state index contributed by atoms with van der Waals surface area (Å²) in [6, 6.07) is -0.644. The molecule has 1 aliphatic carbocycles. The Hall–Kier alpha value is -0.710. The molecule has 4 atom stereocenters. The second-order valence-corrected chi connectivity index (χ2v) is 5.51. The molecule has 0 aliphatic heterocycles. The Bertz CT molecular complexity index is 554. The van der Waals surface area contributed by atoms with Gasteiger partial charge in [-0.25, -0.2) is 4.79 Å². The van der Waals surface area contributed by atoms with E-state index in [9.17, 15) is 19.8 Å². The van der Waals surface area contributed by atoms with Crippen molar-refractivity contribution in [3.63, 3.8) is 0 Å². The molecule has 8 heteroatoms. The van der Waals surface area contributed by atoms with Crippen LogP contribution in [-0.2, 0) is 0 Å². The summed E-state index contributed by atoms with van der Waals surface area (Å²) in [5.74, 6) is -0.675. The number of hydrogen-bond acceptors (Lipinski definition) is 5. The molecule has 0 bridgehead atoms. The van der Waals surface area contributed by atoms with Crippen LogP contribution in [0.2, 0.25) is 0 Å². The number of aliphatic hydroxyl groups is 3. The number of nitrogens with zero attached hydrogens (tertiary/aromatic N) is 1. The van der Waals surface area contributed by atoms with Gasteiger partial charge in [-0.05, 0) is 29.0 Å². The molecule has 7 nitrogen and oxygen atoms in total. The normalized spacial score (nSPS) is 31.8. The summed E-state index contributed by atoms with van der Waals surface area (Å²) in [6.07, 6.45) is -0.382. The summed E-state index contributed by atoms with van der Waals surface area (Å²) >= 11 is 1.78. The monoisotopic (exact) mass is 368 g/mol. The van der Waals surface area contributed by atoms with Crippen LogP contribution in [0.15, 0.2) is 15.8 Å². The highest BCUT2D eigenvalue weighted by atomic mass is 127. The lowest BCUT2D eigenvalue weighted by atomic mass is 10.0. The first-order chi connectivity index (χ1) is 8.45. The summed E-state index contributed by atoms with van der Waals surface area (Å²) in [7, 11) is 0. The summed E-state index contributed by atoms with van der Waals surface area (Å²) in [5.41, 5.74) is -1.11. The van der Waals surface area contributed by atoms with Crippen molar-refractivity contribution in [3.05, 3.63) is 30.6 Å². The Morgan fingerprint density at radius 3 is 2.67 bits per heavy atom. The maximum absolute atomic E-state index is 11.7. The van der Waals surface area contributed by atoms with Gasteiger partial charge in [0.15, 0.2) is 0 Å². The second kappa shape index (κ2) is 5.11. The van der Waals surface area contributed by atoms with Gasteiger partial charge in [0.2, 0.25) is 0 Å². The van der Waals surface area contributed by atoms with Gasteiger partial charge in [0.25, 0.3) is 5.56 Å². The number of halogens is 1. The molecule has 0 spiro atoms. The predicted octanol–water partition coefficient (Wildman–Crippen LogP) is -1.58. The number of hydrogen-bond donors (Lipinski definition) is 4. The largest absolute Gasteiger partial charge is 0.396 e. The van der Waals surface area contributed by atoms with Gasteiger partial charge in [-0.1, -0.05) is 0 Å². The van der Waals surface area contributed by atoms with E-state index in [-0.39, 0.29) is 13.0 Å². The zero-order valence-electron chi connectivity index (χ0n) is 9.28. The SMILES string of the molecule is O=c1[nH]c(=O)n([C@H]2C[C@H](O)[C@@H](CO)[C@@H]2O)cc1I. The molecule has 1 aromatic rings. The van der Waals surface area contributed by atoms with Gasteiger partial charge in [0.1, 0.15) is 0 Å². The molecule has 0 unspecified atom stereocenters. The Morgan fingerprint density at radius 2 is 2.11 bits per heavy atom. The Labute approximate surface area is 115 Å². The van der Waals surface area contributed by atoms with Crippen molar-refractivity contribution < 1.29 is 15.3 Å². The van der Waals surface area contributed by atoms with Crippen LogP contribution in [0.1, 0.15) is 12.5 Å². The van der Waals surface area contributed by atoms with Crippen molar-refractivity contribution in [2.45, 2.75) is 24.7 Å². The first-order valence-corrected chi connectivity index (χ1v) is 6.51. The fourth-order valence-electron chi connectivity index (χ4n) is 2.29. The molecular formula is C10H13IN2O5. The minimum atomic E-state index is -1.02. The molecule has 1 fully saturated rings. The molecule has 0 saturated heterocycles. The van der Waals surface area contributed by atoms with Crippen molar-refractivity contribution in [2.75, 3.05) is 6.61 Å². The highest BCUT2D eigenvalue weighted by molar-refractivity contribution is 14.1. The van der Waals surface area contributed by atoms with E-state index in [4.69, 9.17) is 5.11 Å². The number of H-pyrrole nitrogens is 1. The van der Waals surface area contributed by atoms with Crippen LogP contribution in [0.5, 0.6) is 0 Å². The summed E-state index contributed by atoms with van der Waals surface area (Å²) in [6.45, 7) is -0.353. The molecule has 1 saturated carbocycles. The van der Waals surface area contributed by atoms with E-state index in [1.807, 2.05) is 0 Å². The Kier molecular flexibility index (Phi) is 3.90. The lowest BCUT2D eigenvalue weighted by Crippen LogP contribution is -2.37. The molecule has 1 aromatic heterocycles. The summed E-state index contributed by atoms with van der Waals surface area (Å²) < 4.78 is 1.52. The zero-order chi connectivity index (χ0) is 13.4. The molecular weight excluding hydrogens is 355 g/mol. The van der Waals surface area contributed by atoms with E-state index < -0.39 is 35.4 Å². The maximum atomic E-state index is 11.7. The van der Waals surface area contributed by atoms with Crippen LogP contribution in [0.4, 0.5) is 0 Å². The molecule has 1 heterocycles. The smallest absolute Gasteiger partial charge is 0.328 e. The third-order valence-corrected chi connectivity index (χ3v) is 4.07. The first-order valence-electron chi connectivity index (χ1n) is 5.43. The van der Waals surface area contributed by atoms with Crippen LogP contribution in [0.25, 0.3) is 0 Å². The van der Waals surface area contributed by atoms with E-state index in [1.54, 1.807) is 22.6 Å². The molecule has 4 N–H and O–H groups in total. The van der Waals surface area contributed by atoms with Crippen LogP contribution < -0.4 is 11.2 Å². The number of aromatic amines is 1. The van der Waals surface area contributed by atoms with Crippen LogP contribution in [-0.4, -0.2) is 43.7 Å². The topological polar surface area (TPSA) is 116 Å². The molecule has 18 heavy (non-hydrogen) atoms. The third kappa shape index (κ3) is 2.25. The van der Waals surface area contributed by atoms with Crippen LogP contribution in [0, 0.1) is 9.49 Å². The molecule has 100 valence electrons. The Balaban J connectivity index is 2.42. The molecule has 0 aromatic carbocycles. The van der Waals surface area contributed by atoms with Crippen molar-refractivity contribution in [2.24, 2.45) is 5.92 Å². The van der Waals surface area contributed by atoms with Crippen molar-refractivity contribution in [3.8, 4) is 0 Å². The minimum Gasteiger partial charge on any atom is -0.396 e. The van der Waals surface area contributed by atoms with Crippen LogP contribution in [0.3, 0.4) is 0 Å². The number of rotatable bonds is 2. The number of nitrogens with one attached hydrogen (secondary N) is 1. The quantitative estimate of drug-likeness (QED) is 0.470. The number of aromatic nitrogens is 2. The average Bonchev–Trinajstić information content (AvgIpc) is 2.59. The summed E-state index contributed by atoms with van der Waals surface area (Å²) in [4.78, 5) is 25.1. The summed E-state index contributed by atoms with van der Waals surface area (Å²) in [5, 5.41) is 28.8. The lowest BCUT2D eigenvalue weighted by Gasteiger charge is -2.20. The average molecular weight is 368 g/mol. The fraction of sp³-hybridized carbons (Fsp3) is 0.600. The van der Waals surface area contributed by atoms with Gasteiger partial charge in [0.05, 0.1) is 28.4 Å². The van der Waals surface area contributed by atoms with Crippen LogP contribution >= 0.6 is 22.6 Å². The van der Waals surface area contributed by atoms with Crippen molar-refractivity contribution >= 4 is 22.6 Å². The van der Waals surface area contributed by atoms with E-state index in [0.29, 0.717) is 3.57 Å². The highest BCUT2D eigenvalue weighted by Gasteiger charge is 2.42. The molecule has 2 rings (SSSR count). The number of aliphatic hydroxyl groups excluding tert-OH is 3. The van der Waals surface area contributed by atoms with E-state index >= 15 is 0 Å². The van der Waals surface area contributed by atoms with Gasteiger partial charge in [-0.15, -0.1) is 0 Å². The minimum absolute atomic E-state index is 0.161. The predicted molar refractivity (Wildman–Crippen MR) is 70.3 cm³/mol. The fourth-order valence-corrected chi connectivity index (χ4v) is 2.72. The van der Waals surface area contributed by atoms with E-state index in [0.717, 1.165) is 0 Å². The zero-order valence-corrected chi connectivity index (χ0v) is 11.4. The van der Waals surface area contributed by atoms with Crippen molar-refractivity contribution in [1.82, 2.24) is 9.55 Å². The standard InChI is InChI=1S/C10H13IN2O5/c11-5-2-13(10(18)12-9(5)17)6-1-7(15)4(3-14)8(6)16/h2,4,6-8,14-16H,1,3H2,(H,12,17,18)/t4-,6+,7+,8+/m1/s1. The first kappa shape index (κ1) is 13.7. The maximum Gasteiger partial charge on any atom is 0.328 e.